The van der Waals surface area contributed by atoms with Crippen molar-refractivity contribution < 1.29 is 22.7 Å². The highest BCUT2D eigenvalue weighted by atomic mass is 32.1. The highest BCUT2D eigenvalue weighted by molar-refractivity contribution is 7.18. The number of methoxy groups -OCH3 is 1. The first-order valence-electron chi connectivity index (χ1n) is 7.18. The van der Waals surface area contributed by atoms with Crippen molar-refractivity contribution in [2.75, 3.05) is 25.1 Å². The van der Waals surface area contributed by atoms with Crippen molar-refractivity contribution in [1.29, 1.82) is 0 Å². The van der Waals surface area contributed by atoms with Gasteiger partial charge in [0.25, 0.3) is 0 Å². The van der Waals surface area contributed by atoms with Crippen LogP contribution in [0, 0.1) is 5.92 Å². The molecule has 3 rings (SSSR count). The Labute approximate surface area is 140 Å². The minimum Gasteiger partial charge on any atom is -0.469 e. The predicted molar refractivity (Wildman–Crippen MR) is 82.7 cm³/mol. The molecule has 0 atom stereocenters. The fourth-order valence-electron chi connectivity index (χ4n) is 2.46. The Bertz CT molecular complexity index is 742. The molecule has 3 heterocycles. The van der Waals surface area contributed by atoms with Gasteiger partial charge in [-0.15, -0.1) is 0 Å². The lowest BCUT2D eigenvalue weighted by Gasteiger charge is -2.38. The van der Waals surface area contributed by atoms with Crippen molar-refractivity contribution in [3.05, 3.63) is 30.2 Å². The molecule has 0 N–H and O–H groups in total. The number of aromatic nitrogens is 2. The van der Waals surface area contributed by atoms with E-state index in [9.17, 15) is 18.0 Å². The minimum absolute atomic E-state index is 0.225. The number of hydrogen-bond acceptors (Lipinski definition) is 6. The highest BCUT2D eigenvalue weighted by Crippen LogP contribution is 2.36. The number of esters is 1. The third-order valence-corrected chi connectivity index (χ3v) is 4.85. The Morgan fingerprint density at radius 1 is 1.42 bits per heavy atom. The largest absolute Gasteiger partial charge is 0.469 e. The first-order valence-corrected chi connectivity index (χ1v) is 7.99. The number of anilines is 1. The second-order valence-corrected chi connectivity index (χ2v) is 6.49. The summed E-state index contributed by atoms with van der Waals surface area (Å²) in [6, 6.07) is 2.55. The topological polar surface area (TPSA) is 55.3 Å². The maximum absolute atomic E-state index is 12.7. The Hall–Kier alpha value is -2.16. The van der Waals surface area contributed by atoms with E-state index in [1.807, 2.05) is 4.90 Å². The van der Waals surface area contributed by atoms with Crippen LogP contribution in [0.4, 0.5) is 18.3 Å². The summed E-state index contributed by atoms with van der Waals surface area (Å²) in [5.41, 5.74) is -0.482. The Morgan fingerprint density at radius 3 is 2.83 bits per heavy atom. The monoisotopic (exact) mass is 357 g/mol. The number of carbonyl (C=O) groups is 1. The predicted octanol–water partition coefficient (Wildman–Crippen LogP) is 3.22. The smallest absolute Gasteiger partial charge is 0.433 e. The molecule has 1 aliphatic rings. The van der Waals surface area contributed by atoms with Crippen LogP contribution in [0.2, 0.25) is 0 Å². The molecule has 24 heavy (non-hydrogen) atoms. The van der Waals surface area contributed by atoms with Gasteiger partial charge >= 0.3 is 12.1 Å². The summed E-state index contributed by atoms with van der Waals surface area (Å²) in [7, 11) is 1.36. The van der Waals surface area contributed by atoms with Crippen molar-refractivity contribution in [3.8, 4) is 10.4 Å². The zero-order valence-corrected chi connectivity index (χ0v) is 13.5. The number of carbonyl (C=O) groups excluding carboxylic acids is 1. The van der Waals surface area contributed by atoms with Gasteiger partial charge in [-0.1, -0.05) is 11.3 Å². The molecule has 1 fully saturated rings. The molecule has 0 amide bonds. The quantitative estimate of drug-likeness (QED) is 0.787. The van der Waals surface area contributed by atoms with Crippen LogP contribution in [-0.4, -0.2) is 36.1 Å². The van der Waals surface area contributed by atoms with Gasteiger partial charge in [0, 0.05) is 31.4 Å². The first kappa shape index (κ1) is 16.7. The van der Waals surface area contributed by atoms with Crippen LogP contribution in [0.15, 0.2) is 24.5 Å². The number of alkyl halides is 3. The Balaban J connectivity index is 1.68. The zero-order chi connectivity index (χ0) is 17.3. The lowest BCUT2D eigenvalue weighted by atomic mass is 9.97. The second kappa shape index (κ2) is 6.39. The molecule has 2 aromatic rings. The fraction of sp³-hybridized carbons (Fsp3) is 0.400. The van der Waals surface area contributed by atoms with Crippen molar-refractivity contribution in [2.24, 2.45) is 5.92 Å². The van der Waals surface area contributed by atoms with E-state index in [0.717, 1.165) is 17.4 Å². The van der Waals surface area contributed by atoms with Crippen LogP contribution in [0.1, 0.15) is 12.1 Å². The van der Waals surface area contributed by atoms with Gasteiger partial charge in [-0.25, -0.2) is 4.98 Å². The maximum Gasteiger partial charge on any atom is 0.433 e. The van der Waals surface area contributed by atoms with E-state index in [-0.39, 0.29) is 11.9 Å². The summed E-state index contributed by atoms with van der Waals surface area (Å²) in [5.74, 6) is -0.0153. The van der Waals surface area contributed by atoms with Gasteiger partial charge in [-0.05, 0) is 17.7 Å². The van der Waals surface area contributed by atoms with E-state index in [2.05, 4.69) is 14.7 Å². The van der Waals surface area contributed by atoms with E-state index in [1.54, 1.807) is 6.20 Å². The molecular weight excluding hydrogens is 343 g/mol. The van der Waals surface area contributed by atoms with Gasteiger partial charge in [-0.3, -0.25) is 9.78 Å². The van der Waals surface area contributed by atoms with E-state index in [0.29, 0.717) is 30.0 Å². The van der Waals surface area contributed by atoms with Gasteiger partial charge in [0.15, 0.2) is 5.13 Å². The van der Waals surface area contributed by atoms with Crippen molar-refractivity contribution in [2.45, 2.75) is 12.6 Å². The molecule has 0 saturated carbocycles. The van der Waals surface area contributed by atoms with Gasteiger partial charge in [-0.2, -0.15) is 13.2 Å². The Morgan fingerprint density at radius 2 is 2.17 bits per heavy atom. The molecule has 0 unspecified atom stereocenters. The van der Waals surface area contributed by atoms with Crippen molar-refractivity contribution in [1.82, 2.24) is 9.97 Å². The molecule has 2 aromatic heterocycles. The highest BCUT2D eigenvalue weighted by Gasteiger charge is 2.33. The molecule has 0 radical (unpaired) electrons. The summed E-state index contributed by atoms with van der Waals surface area (Å²) in [4.78, 5) is 21.5. The molecule has 0 bridgehead atoms. The number of rotatable bonds is 4. The number of halogens is 3. The Kier molecular flexibility index (Phi) is 4.44. The number of ether oxygens (including phenoxy) is 1. The summed E-state index contributed by atoms with van der Waals surface area (Å²) in [5, 5.41) is 0.733. The van der Waals surface area contributed by atoms with Crippen molar-refractivity contribution in [3.63, 3.8) is 0 Å². The normalized spacial score (nSPS) is 15.2. The molecule has 5 nitrogen and oxygen atoms in total. The third kappa shape index (κ3) is 3.50. The summed E-state index contributed by atoms with van der Waals surface area (Å²) in [6.07, 6.45) is -1.40. The standard InChI is InChI=1S/C15H14F3N3O2S/c1-23-13(22)4-9-7-21(8-9)14-20-6-11(24-14)10-2-3-19-12(5-10)15(16,17)18/h2-3,5-6,9H,4,7-8H2,1H3. The molecule has 1 saturated heterocycles. The van der Waals surface area contributed by atoms with Gasteiger partial charge in [0.05, 0.1) is 18.4 Å². The second-order valence-electron chi connectivity index (χ2n) is 5.49. The van der Waals surface area contributed by atoms with Crippen LogP contribution in [0.25, 0.3) is 10.4 Å². The number of thiazole rings is 1. The lowest BCUT2D eigenvalue weighted by Crippen LogP contribution is -2.47. The molecular formula is C15H14F3N3O2S. The molecule has 128 valence electrons. The maximum atomic E-state index is 12.7. The van der Waals surface area contributed by atoms with Crippen LogP contribution in [0.5, 0.6) is 0 Å². The molecule has 0 aliphatic carbocycles. The molecule has 1 aliphatic heterocycles. The number of pyridine rings is 1. The lowest BCUT2D eigenvalue weighted by molar-refractivity contribution is -0.142. The fourth-order valence-corrected chi connectivity index (χ4v) is 3.39. The van der Waals surface area contributed by atoms with Crippen LogP contribution >= 0.6 is 11.3 Å². The van der Waals surface area contributed by atoms with Crippen LogP contribution in [0.3, 0.4) is 0 Å². The molecule has 9 heteroatoms. The van der Waals surface area contributed by atoms with E-state index in [4.69, 9.17) is 0 Å². The summed E-state index contributed by atoms with van der Waals surface area (Å²) in [6.45, 7) is 1.37. The number of hydrogen-bond donors (Lipinski definition) is 0. The zero-order valence-electron chi connectivity index (χ0n) is 12.7. The molecule has 0 spiro atoms. The molecule has 0 aromatic carbocycles. The van der Waals surface area contributed by atoms with E-state index >= 15 is 0 Å². The average Bonchev–Trinajstić information content (AvgIpc) is 2.99. The summed E-state index contributed by atoms with van der Waals surface area (Å²) >= 11 is 1.32. The van der Waals surface area contributed by atoms with Crippen molar-refractivity contribution >= 4 is 22.4 Å². The van der Waals surface area contributed by atoms with Crippen LogP contribution < -0.4 is 4.90 Å². The van der Waals surface area contributed by atoms with E-state index in [1.165, 1.54) is 24.5 Å². The SMILES string of the molecule is COC(=O)CC1CN(c2ncc(-c3ccnc(C(F)(F)F)c3)s2)C1. The third-order valence-electron chi connectivity index (χ3n) is 3.74. The van der Waals surface area contributed by atoms with Gasteiger partial charge in [0.1, 0.15) is 5.69 Å². The number of nitrogens with zero attached hydrogens (tertiary/aromatic N) is 3. The average molecular weight is 357 g/mol. The summed E-state index contributed by atoms with van der Waals surface area (Å²) < 4.78 is 42.8. The minimum atomic E-state index is -4.47. The van der Waals surface area contributed by atoms with E-state index < -0.39 is 11.9 Å². The first-order chi connectivity index (χ1) is 11.4. The van der Waals surface area contributed by atoms with Gasteiger partial charge in [0.2, 0.25) is 0 Å². The van der Waals surface area contributed by atoms with Crippen LogP contribution in [-0.2, 0) is 15.7 Å². The van der Waals surface area contributed by atoms with Gasteiger partial charge < -0.3 is 9.64 Å².